The number of H-pyrrole nitrogens is 1. The summed E-state index contributed by atoms with van der Waals surface area (Å²) in [6, 6.07) is 17.6. The predicted octanol–water partition coefficient (Wildman–Crippen LogP) is 4.04. The van der Waals surface area contributed by atoms with Crippen LogP contribution in [0.1, 0.15) is 27.6 Å². The van der Waals surface area contributed by atoms with Gasteiger partial charge in [-0.25, -0.2) is 0 Å². The highest BCUT2D eigenvalue weighted by molar-refractivity contribution is 6.01. The van der Waals surface area contributed by atoms with Crippen molar-refractivity contribution in [1.82, 2.24) is 20.2 Å². The number of rotatable bonds is 9. The maximum atomic E-state index is 12.7. The predicted molar refractivity (Wildman–Crippen MR) is 125 cm³/mol. The molecule has 2 N–H and O–H groups in total. The van der Waals surface area contributed by atoms with E-state index in [-0.39, 0.29) is 11.7 Å². The molecule has 0 aliphatic carbocycles. The molecule has 0 aliphatic heterocycles. The van der Waals surface area contributed by atoms with Crippen molar-refractivity contribution in [2.45, 2.75) is 13.3 Å². The van der Waals surface area contributed by atoms with E-state index in [1.807, 2.05) is 61.5 Å². The zero-order chi connectivity index (χ0) is 23.0. The molecule has 0 bridgehead atoms. The minimum absolute atomic E-state index is 0.149. The second-order valence-corrected chi connectivity index (χ2v) is 7.52. The number of amides is 1. The molecule has 2 heterocycles. The number of benzene rings is 2. The third kappa shape index (κ3) is 5.81. The molecule has 8 nitrogen and oxygen atoms in total. The molecule has 4 rings (SSSR count). The topological polar surface area (TPSA) is 102 Å². The molecule has 0 saturated heterocycles. The molecule has 8 heteroatoms. The monoisotopic (exact) mass is 443 g/mol. The van der Waals surface area contributed by atoms with Gasteiger partial charge in [0.15, 0.2) is 0 Å². The van der Waals surface area contributed by atoms with Crippen LogP contribution in [-0.2, 0) is 11.2 Å². The van der Waals surface area contributed by atoms with E-state index in [2.05, 4.69) is 25.5 Å². The van der Waals surface area contributed by atoms with Gasteiger partial charge in [0, 0.05) is 25.3 Å². The second-order valence-electron chi connectivity index (χ2n) is 7.52. The highest BCUT2D eigenvalue weighted by Gasteiger charge is 2.14. The van der Waals surface area contributed by atoms with Crippen LogP contribution in [-0.4, -0.2) is 46.4 Å². The van der Waals surface area contributed by atoms with E-state index in [0.717, 1.165) is 28.0 Å². The Morgan fingerprint density at radius 1 is 1.03 bits per heavy atom. The van der Waals surface area contributed by atoms with Crippen molar-refractivity contribution >= 4 is 11.6 Å². The summed E-state index contributed by atoms with van der Waals surface area (Å²) in [7, 11) is 1.64. The van der Waals surface area contributed by atoms with Gasteiger partial charge >= 0.3 is 0 Å². The molecule has 1 amide bonds. The van der Waals surface area contributed by atoms with Gasteiger partial charge in [0.25, 0.3) is 5.91 Å². The molecule has 0 radical (unpaired) electrons. The fourth-order valence-electron chi connectivity index (χ4n) is 3.36. The summed E-state index contributed by atoms with van der Waals surface area (Å²) in [6.45, 7) is 3.00. The van der Waals surface area contributed by atoms with Crippen molar-refractivity contribution in [1.29, 1.82) is 0 Å². The Morgan fingerprint density at radius 2 is 1.88 bits per heavy atom. The standard InChI is InChI=1S/C25H25N5O3/c1-17-8-9-21(33-11-10-32-2)14-22(17)19-13-20(16-26-15-19)27-25(31)24-28-23(29-30-24)12-18-6-4-3-5-7-18/h3-9,13-16H,10-12H2,1-2H3,(H,27,31)(H,28,29,30). The van der Waals surface area contributed by atoms with Gasteiger partial charge in [0.1, 0.15) is 18.2 Å². The zero-order valence-corrected chi connectivity index (χ0v) is 18.5. The van der Waals surface area contributed by atoms with Crippen LogP contribution in [0.5, 0.6) is 5.75 Å². The lowest BCUT2D eigenvalue weighted by molar-refractivity contribution is 0.101. The molecule has 0 spiro atoms. The van der Waals surface area contributed by atoms with Gasteiger partial charge in [-0.1, -0.05) is 36.4 Å². The molecule has 33 heavy (non-hydrogen) atoms. The number of aryl methyl sites for hydroxylation is 1. The Balaban J connectivity index is 1.46. The number of hydrogen-bond donors (Lipinski definition) is 2. The van der Waals surface area contributed by atoms with Crippen LogP contribution >= 0.6 is 0 Å². The van der Waals surface area contributed by atoms with E-state index in [4.69, 9.17) is 9.47 Å². The second kappa shape index (κ2) is 10.5. The van der Waals surface area contributed by atoms with E-state index in [9.17, 15) is 4.79 Å². The Bertz CT molecular complexity index is 1220. The molecule has 2 aromatic carbocycles. The molecule has 0 aliphatic rings. The molecule has 0 unspecified atom stereocenters. The summed E-state index contributed by atoms with van der Waals surface area (Å²) in [5, 5.41) is 10.9. The molecular weight excluding hydrogens is 418 g/mol. The molecule has 0 atom stereocenters. The maximum absolute atomic E-state index is 12.7. The van der Waals surface area contributed by atoms with E-state index in [1.54, 1.807) is 19.5 Å². The number of carbonyl (C=O) groups excluding carboxylic acids is 1. The lowest BCUT2D eigenvalue weighted by Crippen LogP contribution is -2.14. The van der Waals surface area contributed by atoms with Crippen LogP contribution < -0.4 is 10.1 Å². The van der Waals surface area contributed by atoms with E-state index in [1.165, 1.54) is 0 Å². The number of aromatic nitrogens is 4. The van der Waals surface area contributed by atoms with E-state index >= 15 is 0 Å². The van der Waals surface area contributed by atoms with Crippen LogP contribution in [0.15, 0.2) is 67.0 Å². The van der Waals surface area contributed by atoms with E-state index < -0.39 is 0 Å². The molecular formula is C25H25N5O3. The van der Waals surface area contributed by atoms with Gasteiger partial charge in [-0.05, 0) is 41.8 Å². The zero-order valence-electron chi connectivity index (χ0n) is 18.5. The first-order chi connectivity index (χ1) is 16.1. The molecule has 0 fully saturated rings. The van der Waals surface area contributed by atoms with Crippen LogP contribution in [0, 0.1) is 6.92 Å². The number of nitrogens with zero attached hydrogens (tertiary/aromatic N) is 3. The molecule has 0 saturated carbocycles. The normalized spacial score (nSPS) is 10.7. The van der Waals surface area contributed by atoms with Gasteiger partial charge < -0.3 is 19.8 Å². The summed E-state index contributed by atoms with van der Waals surface area (Å²) in [6.07, 6.45) is 3.92. The van der Waals surface area contributed by atoms with Crippen molar-refractivity contribution in [3.63, 3.8) is 0 Å². The summed E-state index contributed by atoms with van der Waals surface area (Å²) < 4.78 is 10.8. The molecule has 168 valence electrons. The highest BCUT2D eigenvalue weighted by atomic mass is 16.5. The van der Waals surface area contributed by atoms with Crippen molar-refractivity contribution in [2.75, 3.05) is 25.6 Å². The number of methoxy groups -OCH3 is 1. The Labute approximate surface area is 192 Å². The van der Waals surface area contributed by atoms with Crippen molar-refractivity contribution in [3.05, 3.63) is 89.8 Å². The summed E-state index contributed by atoms with van der Waals surface area (Å²) >= 11 is 0. The van der Waals surface area contributed by atoms with Gasteiger partial charge in [-0.15, -0.1) is 10.2 Å². The fourth-order valence-corrected chi connectivity index (χ4v) is 3.36. The van der Waals surface area contributed by atoms with Gasteiger partial charge in [0.2, 0.25) is 5.82 Å². The van der Waals surface area contributed by atoms with Gasteiger partial charge in [-0.2, -0.15) is 0 Å². The number of aromatic amines is 1. The number of nitrogens with one attached hydrogen (secondary N) is 2. The third-order valence-electron chi connectivity index (χ3n) is 5.04. The smallest absolute Gasteiger partial charge is 0.293 e. The highest BCUT2D eigenvalue weighted by Crippen LogP contribution is 2.29. The van der Waals surface area contributed by atoms with Crippen LogP contribution in [0.3, 0.4) is 0 Å². The number of anilines is 1. The largest absolute Gasteiger partial charge is 0.491 e. The SMILES string of the molecule is COCCOc1ccc(C)c(-c2cncc(NC(=O)c3nnc(Cc4ccccc4)[nH]3)c2)c1. The van der Waals surface area contributed by atoms with Crippen molar-refractivity contribution in [3.8, 4) is 16.9 Å². The van der Waals surface area contributed by atoms with Crippen LogP contribution in [0.2, 0.25) is 0 Å². The Hall–Kier alpha value is -4.04. The molecule has 2 aromatic heterocycles. The number of pyridine rings is 1. The first kappa shape index (κ1) is 22.2. The summed E-state index contributed by atoms with van der Waals surface area (Å²) in [5.74, 6) is 1.14. The summed E-state index contributed by atoms with van der Waals surface area (Å²) in [5.41, 5.74) is 4.55. The quantitative estimate of drug-likeness (QED) is 0.379. The number of carbonyl (C=O) groups is 1. The van der Waals surface area contributed by atoms with Crippen molar-refractivity contribution in [2.24, 2.45) is 0 Å². The Morgan fingerprint density at radius 3 is 2.70 bits per heavy atom. The van der Waals surface area contributed by atoms with Crippen LogP contribution in [0.25, 0.3) is 11.1 Å². The lowest BCUT2D eigenvalue weighted by Gasteiger charge is -2.11. The average molecular weight is 444 g/mol. The van der Waals surface area contributed by atoms with Crippen molar-refractivity contribution < 1.29 is 14.3 Å². The minimum atomic E-state index is -0.380. The minimum Gasteiger partial charge on any atom is -0.491 e. The van der Waals surface area contributed by atoms with E-state index in [0.29, 0.717) is 31.1 Å². The maximum Gasteiger partial charge on any atom is 0.293 e. The van der Waals surface area contributed by atoms with Crippen LogP contribution in [0.4, 0.5) is 5.69 Å². The molecule has 4 aromatic rings. The average Bonchev–Trinajstić information content (AvgIpc) is 3.30. The number of hydrogen-bond acceptors (Lipinski definition) is 6. The fraction of sp³-hybridized carbons (Fsp3) is 0.200. The summed E-state index contributed by atoms with van der Waals surface area (Å²) in [4.78, 5) is 20.0. The number of ether oxygens (including phenoxy) is 2. The van der Waals surface area contributed by atoms with Gasteiger partial charge in [0.05, 0.1) is 18.5 Å². The van der Waals surface area contributed by atoms with Gasteiger partial charge in [-0.3, -0.25) is 9.78 Å². The third-order valence-corrected chi connectivity index (χ3v) is 5.04. The first-order valence-corrected chi connectivity index (χ1v) is 10.6. The lowest BCUT2D eigenvalue weighted by atomic mass is 10.0. The first-order valence-electron chi connectivity index (χ1n) is 10.6. The Kier molecular flexibility index (Phi) is 7.06.